The van der Waals surface area contributed by atoms with Crippen molar-refractivity contribution in [1.29, 1.82) is 0 Å². The number of halogens is 1. The van der Waals surface area contributed by atoms with Gasteiger partial charge in [-0.1, -0.05) is 77.8 Å². The smallest absolute Gasteiger partial charge is 0.344 e. The molecule has 0 aliphatic rings. The molecule has 0 saturated heterocycles. The highest BCUT2D eigenvalue weighted by Gasteiger charge is 2.22. The number of aromatic nitrogens is 1. The predicted molar refractivity (Wildman–Crippen MR) is 147 cm³/mol. The number of hydrogen-bond acceptors (Lipinski definition) is 3. The maximum Gasteiger partial charge on any atom is 0.344 e. The Hall–Kier alpha value is -3.95. The zero-order chi connectivity index (χ0) is 25.2. The SMILES string of the molecule is Cc1cc(C)c2nc(-c3ccc(Cl)cc3)c(C)c(C(=O)Oc3ccc(Cc4ccccc4)cc3)c2c1. The van der Waals surface area contributed by atoms with Crippen LogP contribution in [0.2, 0.25) is 5.02 Å². The van der Waals surface area contributed by atoms with E-state index in [0.717, 1.165) is 50.8 Å². The molecular formula is C32H26ClNO2. The van der Waals surface area contributed by atoms with Gasteiger partial charge in [0, 0.05) is 16.0 Å². The van der Waals surface area contributed by atoms with Crippen LogP contribution in [0.15, 0.2) is 91.0 Å². The molecule has 0 spiro atoms. The number of aryl methyl sites for hydroxylation is 2. The molecule has 0 bridgehead atoms. The van der Waals surface area contributed by atoms with Crippen LogP contribution >= 0.6 is 11.6 Å². The second-order valence-electron chi connectivity index (χ2n) is 9.14. The first-order valence-corrected chi connectivity index (χ1v) is 12.3. The van der Waals surface area contributed by atoms with E-state index < -0.39 is 5.97 Å². The molecule has 0 radical (unpaired) electrons. The minimum atomic E-state index is -0.393. The van der Waals surface area contributed by atoms with Gasteiger partial charge in [0.2, 0.25) is 0 Å². The summed E-state index contributed by atoms with van der Waals surface area (Å²) >= 11 is 6.11. The lowest BCUT2D eigenvalue weighted by molar-refractivity contribution is 0.0736. The Bertz CT molecular complexity index is 1560. The highest BCUT2D eigenvalue weighted by molar-refractivity contribution is 6.30. The van der Waals surface area contributed by atoms with Gasteiger partial charge in [-0.3, -0.25) is 0 Å². The van der Waals surface area contributed by atoms with E-state index in [1.807, 2.05) is 93.6 Å². The summed E-state index contributed by atoms with van der Waals surface area (Å²) in [7, 11) is 0. The molecule has 0 unspecified atom stereocenters. The molecule has 5 aromatic rings. The number of rotatable bonds is 5. The monoisotopic (exact) mass is 491 g/mol. The second-order valence-corrected chi connectivity index (χ2v) is 9.58. The molecule has 3 nitrogen and oxygen atoms in total. The fourth-order valence-corrected chi connectivity index (χ4v) is 4.76. The Morgan fingerprint density at radius 2 is 1.50 bits per heavy atom. The van der Waals surface area contributed by atoms with E-state index in [2.05, 4.69) is 18.2 Å². The Labute approximate surface area is 216 Å². The van der Waals surface area contributed by atoms with Crippen LogP contribution < -0.4 is 4.74 Å². The minimum absolute atomic E-state index is 0.393. The molecule has 0 atom stereocenters. The maximum atomic E-state index is 13.6. The van der Waals surface area contributed by atoms with Crippen molar-refractivity contribution in [2.75, 3.05) is 0 Å². The van der Waals surface area contributed by atoms with Gasteiger partial charge in [0.15, 0.2) is 0 Å². The van der Waals surface area contributed by atoms with Crippen molar-refractivity contribution in [1.82, 2.24) is 4.98 Å². The first-order valence-electron chi connectivity index (χ1n) is 11.9. The molecule has 0 saturated carbocycles. The zero-order valence-electron chi connectivity index (χ0n) is 20.5. The first kappa shape index (κ1) is 23.8. The second kappa shape index (κ2) is 9.96. The van der Waals surface area contributed by atoms with Gasteiger partial charge >= 0.3 is 5.97 Å². The number of ether oxygens (including phenoxy) is 1. The summed E-state index contributed by atoms with van der Waals surface area (Å²) in [4.78, 5) is 18.6. The quantitative estimate of drug-likeness (QED) is 0.183. The Balaban J connectivity index is 1.52. The molecule has 4 heteroatoms. The summed E-state index contributed by atoms with van der Waals surface area (Å²) in [5.74, 6) is 0.120. The van der Waals surface area contributed by atoms with Gasteiger partial charge in [-0.05, 0) is 79.8 Å². The molecular weight excluding hydrogens is 466 g/mol. The Morgan fingerprint density at radius 3 is 2.19 bits per heavy atom. The van der Waals surface area contributed by atoms with Crippen LogP contribution in [0.5, 0.6) is 5.75 Å². The lowest BCUT2D eigenvalue weighted by Gasteiger charge is -2.16. The molecule has 178 valence electrons. The van der Waals surface area contributed by atoms with E-state index in [1.54, 1.807) is 0 Å². The van der Waals surface area contributed by atoms with Crippen molar-refractivity contribution < 1.29 is 9.53 Å². The number of hydrogen-bond donors (Lipinski definition) is 0. The summed E-state index contributed by atoms with van der Waals surface area (Å²) in [6.45, 7) is 5.97. The van der Waals surface area contributed by atoms with Crippen LogP contribution in [-0.4, -0.2) is 11.0 Å². The number of nitrogens with zero attached hydrogens (tertiary/aromatic N) is 1. The van der Waals surface area contributed by atoms with Gasteiger partial charge in [0.1, 0.15) is 5.75 Å². The third-order valence-electron chi connectivity index (χ3n) is 6.37. The van der Waals surface area contributed by atoms with Crippen molar-refractivity contribution in [3.05, 3.63) is 129 Å². The van der Waals surface area contributed by atoms with Crippen LogP contribution in [0.3, 0.4) is 0 Å². The van der Waals surface area contributed by atoms with Crippen molar-refractivity contribution in [3.8, 4) is 17.0 Å². The molecule has 0 amide bonds. The molecule has 0 fully saturated rings. The van der Waals surface area contributed by atoms with E-state index in [0.29, 0.717) is 16.3 Å². The highest BCUT2D eigenvalue weighted by Crippen LogP contribution is 2.33. The minimum Gasteiger partial charge on any atom is -0.423 e. The fraction of sp³-hybridized carbons (Fsp3) is 0.125. The standard InChI is InChI=1S/C32H26ClNO2/c1-20-17-21(2)30-28(18-20)29(22(3)31(34-30)25-11-13-26(33)14-12-25)32(35)36-27-15-9-24(10-16-27)19-23-7-5-4-6-8-23/h4-18H,19H2,1-3H3. The number of benzene rings is 4. The number of esters is 1. The van der Waals surface area contributed by atoms with Crippen LogP contribution in [0.4, 0.5) is 0 Å². The lowest BCUT2D eigenvalue weighted by atomic mass is 9.95. The van der Waals surface area contributed by atoms with Crippen molar-refractivity contribution in [3.63, 3.8) is 0 Å². The number of carbonyl (C=O) groups excluding carboxylic acids is 1. The number of carbonyl (C=O) groups is 1. The average molecular weight is 492 g/mol. The van der Waals surface area contributed by atoms with E-state index >= 15 is 0 Å². The Morgan fingerprint density at radius 1 is 0.833 bits per heavy atom. The topological polar surface area (TPSA) is 39.2 Å². The van der Waals surface area contributed by atoms with Crippen molar-refractivity contribution in [2.24, 2.45) is 0 Å². The van der Waals surface area contributed by atoms with Gasteiger partial charge in [0.25, 0.3) is 0 Å². The van der Waals surface area contributed by atoms with Gasteiger partial charge in [-0.15, -0.1) is 0 Å². The van der Waals surface area contributed by atoms with Crippen LogP contribution in [0.25, 0.3) is 22.2 Å². The third kappa shape index (κ3) is 4.89. The number of pyridine rings is 1. The van der Waals surface area contributed by atoms with E-state index in [9.17, 15) is 4.79 Å². The Kier molecular flexibility index (Phi) is 6.58. The van der Waals surface area contributed by atoms with E-state index in [4.69, 9.17) is 21.3 Å². The molecule has 5 rings (SSSR count). The molecule has 4 aromatic carbocycles. The summed E-state index contributed by atoms with van der Waals surface area (Å²) < 4.78 is 5.90. The lowest BCUT2D eigenvalue weighted by Crippen LogP contribution is -2.13. The first-order chi connectivity index (χ1) is 17.4. The third-order valence-corrected chi connectivity index (χ3v) is 6.63. The summed E-state index contributed by atoms with van der Waals surface area (Å²) in [6.07, 6.45) is 0.826. The van der Waals surface area contributed by atoms with Gasteiger partial charge < -0.3 is 4.74 Å². The number of fused-ring (bicyclic) bond motifs is 1. The zero-order valence-corrected chi connectivity index (χ0v) is 21.3. The van der Waals surface area contributed by atoms with Crippen molar-refractivity contribution in [2.45, 2.75) is 27.2 Å². The van der Waals surface area contributed by atoms with E-state index in [-0.39, 0.29) is 0 Å². The van der Waals surface area contributed by atoms with Crippen molar-refractivity contribution >= 4 is 28.5 Å². The molecule has 0 aliphatic carbocycles. The van der Waals surface area contributed by atoms with Crippen LogP contribution in [0.1, 0.15) is 38.2 Å². The van der Waals surface area contributed by atoms with Crippen LogP contribution in [-0.2, 0) is 6.42 Å². The van der Waals surface area contributed by atoms with E-state index in [1.165, 1.54) is 5.56 Å². The van der Waals surface area contributed by atoms with Crippen LogP contribution in [0, 0.1) is 20.8 Å². The highest BCUT2D eigenvalue weighted by atomic mass is 35.5. The predicted octanol–water partition coefficient (Wildman–Crippen LogP) is 8.29. The normalized spacial score (nSPS) is 11.0. The fourth-order valence-electron chi connectivity index (χ4n) is 4.63. The molecule has 1 heterocycles. The maximum absolute atomic E-state index is 13.6. The summed E-state index contributed by atoms with van der Waals surface area (Å²) in [6, 6.07) is 29.6. The molecule has 0 N–H and O–H groups in total. The summed E-state index contributed by atoms with van der Waals surface area (Å²) in [5.41, 5.74) is 8.23. The molecule has 0 aliphatic heterocycles. The molecule has 1 aromatic heterocycles. The largest absolute Gasteiger partial charge is 0.423 e. The molecule has 36 heavy (non-hydrogen) atoms. The van der Waals surface area contributed by atoms with Gasteiger partial charge in [-0.2, -0.15) is 0 Å². The van der Waals surface area contributed by atoms with Gasteiger partial charge in [0.05, 0.1) is 16.8 Å². The summed E-state index contributed by atoms with van der Waals surface area (Å²) in [5, 5.41) is 1.45. The van der Waals surface area contributed by atoms with Gasteiger partial charge in [-0.25, -0.2) is 9.78 Å². The average Bonchev–Trinajstić information content (AvgIpc) is 2.86.